The molecule has 0 spiro atoms. The van der Waals surface area contributed by atoms with E-state index in [1.807, 2.05) is 24.3 Å². The summed E-state index contributed by atoms with van der Waals surface area (Å²) in [5.41, 5.74) is 3.91. The number of nitrogens with one attached hydrogen (secondary N) is 2. The molecule has 3 aromatic carbocycles. The van der Waals surface area contributed by atoms with E-state index in [0.29, 0.717) is 6.61 Å². The Kier molecular flexibility index (Phi) is 7.81. The number of methoxy groups -OCH3 is 1. The first-order valence-electron chi connectivity index (χ1n) is 11.7. The first-order chi connectivity index (χ1) is 15.7. The predicted molar refractivity (Wildman–Crippen MR) is 128 cm³/mol. The third kappa shape index (κ3) is 6.12. The van der Waals surface area contributed by atoms with Gasteiger partial charge in [0.05, 0.1) is 33.3 Å². The van der Waals surface area contributed by atoms with Gasteiger partial charge in [0, 0.05) is 24.0 Å². The van der Waals surface area contributed by atoms with Crippen LogP contribution in [0.15, 0.2) is 78.9 Å². The number of hydrogen-bond donors (Lipinski definition) is 2. The van der Waals surface area contributed by atoms with Gasteiger partial charge in [0.1, 0.15) is 19.7 Å². The number of benzene rings is 3. The lowest BCUT2D eigenvalue weighted by Crippen LogP contribution is -3.18. The van der Waals surface area contributed by atoms with Gasteiger partial charge < -0.3 is 19.3 Å². The van der Waals surface area contributed by atoms with E-state index in [4.69, 9.17) is 9.47 Å². The number of quaternary nitrogens is 2. The minimum Gasteiger partial charge on any atom is -0.493 e. The molecule has 1 aliphatic rings. The lowest BCUT2D eigenvalue weighted by atomic mass is 10.0. The van der Waals surface area contributed by atoms with Crippen LogP contribution < -0.4 is 19.3 Å². The third-order valence-corrected chi connectivity index (χ3v) is 6.63. The predicted octanol–water partition coefficient (Wildman–Crippen LogP) is 2.54. The van der Waals surface area contributed by atoms with Crippen molar-refractivity contribution in [1.82, 2.24) is 0 Å². The molecule has 0 aliphatic carbocycles. The van der Waals surface area contributed by atoms with E-state index in [0.717, 1.165) is 36.2 Å². The molecule has 32 heavy (non-hydrogen) atoms. The van der Waals surface area contributed by atoms with Crippen LogP contribution in [-0.2, 0) is 19.7 Å². The fraction of sp³-hybridized carbons (Fsp3) is 0.357. The zero-order valence-corrected chi connectivity index (χ0v) is 19.3. The summed E-state index contributed by atoms with van der Waals surface area (Å²) in [7, 11) is 4.05. The number of ether oxygens (including phenoxy) is 2. The van der Waals surface area contributed by atoms with E-state index < -0.39 is 0 Å². The van der Waals surface area contributed by atoms with Gasteiger partial charge in [0.2, 0.25) is 0 Å². The van der Waals surface area contributed by atoms with Crippen molar-refractivity contribution < 1.29 is 19.3 Å². The Bertz CT molecular complexity index is 954. The van der Waals surface area contributed by atoms with Crippen LogP contribution in [0.5, 0.6) is 11.5 Å². The van der Waals surface area contributed by atoms with Gasteiger partial charge in [-0.1, -0.05) is 60.7 Å². The molecule has 4 nitrogen and oxygen atoms in total. The maximum absolute atomic E-state index is 6.11. The van der Waals surface area contributed by atoms with Gasteiger partial charge in [-0.15, -0.1) is 0 Å². The van der Waals surface area contributed by atoms with Crippen LogP contribution in [0.2, 0.25) is 0 Å². The molecule has 1 heterocycles. The summed E-state index contributed by atoms with van der Waals surface area (Å²) in [6, 6.07) is 28.3. The standard InChI is InChI=1S/C28H34N2O2/c1-29(20-23-9-5-3-6-10-23)26-15-17-30(18-16-26)21-25-13-14-27(31-2)28(19-25)32-22-24-11-7-4-8-12-24/h3-14,19,26H,15-18,20-22H2,1-2H3/p+2. The molecule has 0 aromatic heterocycles. The van der Waals surface area contributed by atoms with Crippen molar-refractivity contribution in [3.05, 3.63) is 95.6 Å². The topological polar surface area (TPSA) is 27.3 Å². The maximum atomic E-state index is 6.11. The summed E-state index contributed by atoms with van der Waals surface area (Å²) in [5, 5.41) is 0. The largest absolute Gasteiger partial charge is 0.493 e. The first-order valence-corrected chi connectivity index (χ1v) is 11.7. The smallest absolute Gasteiger partial charge is 0.162 e. The molecule has 0 radical (unpaired) electrons. The van der Waals surface area contributed by atoms with Gasteiger partial charge in [-0.2, -0.15) is 0 Å². The van der Waals surface area contributed by atoms with Gasteiger partial charge >= 0.3 is 0 Å². The van der Waals surface area contributed by atoms with Crippen molar-refractivity contribution in [3.63, 3.8) is 0 Å². The molecule has 4 heteroatoms. The summed E-state index contributed by atoms with van der Waals surface area (Å²) in [4.78, 5) is 3.30. The molecule has 1 fully saturated rings. The fourth-order valence-corrected chi connectivity index (χ4v) is 4.73. The molecule has 1 unspecified atom stereocenters. The Labute approximate surface area is 192 Å². The lowest BCUT2D eigenvalue weighted by Gasteiger charge is -2.32. The van der Waals surface area contributed by atoms with Crippen LogP contribution in [0, 0.1) is 0 Å². The van der Waals surface area contributed by atoms with Crippen molar-refractivity contribution in [3.8, 4) is 11.5 Å². The Balaban J connectivity index is 1.30. The Morgan fingerprint density at radius 2 is 1.47 bits per heavy atom. The van der Waals surface area contributed by atoms with E-state index in [1.165, 1.54) is 37.1 Å². The second-order valence-electron chi connectivity index (χ2n) is 8.97. The third-order valence-electron chi connectivity index (χ3n) is 6.63. The second kappa shape index (κ2) is 11.2. The monoisotopic (exact) mass is 432 g/mol. The van der Waals surface area contributed by atoms with E-state index >= 15 is 0 Å². The average molecular weight is 433 g/mol. The van der Waals surface area contributed by atoms with Crippen molar-refractivity contribution in [2.75, 3.05) is 27.2 Å². The van der Waals surface area contributed by atoms with E-state index in [-0.39, 0.29) is 0 Å². The van der Waals surface area contributed by atoms with Crippen molar-refractivity contribution in [2.24, 2.45) is 0 Å². The molecule has 4 rings (SSSR count). The number of rotatable bonds is 9. The van der Waals surface area contributed by atoms with Crippen molar-refractivity contribution in [2.45, 2.75) is 38.6 Å². The van der Waals surface area contributed by atoms with E-state index in [2.05, 4.69) is 61.6 Å². The SMILES string of the molecule is COc1ccc(C[NH+]2CCC([NH+](C)Cc3ccccc3)CC2)cc1OCc1ccccc1. The van der Waals surface area contributed by atoms with E-state index in [9.17, 15) is 0 Å². The molecule has 3 aromatic rings. The highest BCUT2D eigenvalue weighted by Gasteiger charge is 2.28. The summed E-state index contributed by atoms with van der Waals surface area (Å²) in [6.07, 6.45) is 2.56. The van der Waals surface area contributed by atoms with Crippen LogP contribution in [0.4, 0.5) is 0 Å². The number of piperidine rings is 1. The highest BCUT2D eigenvalue weighted by Crippen LogP contribution is 2.28. The number of hydrogen-bond acceptors (Lipinski definition) is 2. The summed E-state index contributed by atoms with van der Waals surface area (Å²) in [5.74, 6) is 1.62. The zero-order valence-electron chi connectivity index (χ0n) is 19.3. The van der Waals surface area contributed by atoms with Crippen molar-refractivity contribution in [1.29, 1.82) is 0 Å². The zero-order chi connectivity index (χ0) is 22.2. The van der Waals surface area contributed by atoms with Gasteiger partial charge in [0.15, 0.2) is 11.5 Å². The summed E-state index contributed by atoms with van der Waals surface area (Å²) >= 11 is 0. The second-order valence-corrected chi connectivity index (χ2v) is 8.97. The van der Waals surface area contributed by atoms with Crippen LogP contribution in [0.25, 0.3) is 0 Å². The van der Waals surface area contributed by atoms with Gasteiger partial charge in [-0.25, -0.2) is 0 Å². The minimum atomic E-state index is 0.551. The maximum Gasteiger partial charge on any atom is 0.162 e. The quantitative estimate of drug-likeness (QED) is 0.544. The molecule has 168 valence electrons. The highest BCUT2D eigenvalue weighted by molar-refractivity contribution is 5.43. The molecule has 1 atom stereocenters. The summed E-state index contributed by atoms with van der Waals surface area (Å²) in [6.45, 7) is 5.15. The molecular formula is C28H36N2O2+2. The average Bonchev–Trinajstić information content (AvgIpc) is 2.84. The Morgan fingerprint density at radius 1 is 0.812 bits per heavy atom. The molecule has 0 saturated carbocycles. The summed E-state index contributed by atoms with van der Waals surface area (Å²) < 4.78 is 11.6. The lowest BCUT2D eigenvalue weighted by molar-refractivity contribution is -0.960. The number of likely N-dealkylation sites (tertiary alicyclic amines) is 1. The van der Waals surface area contributed by atoms with Gasteiger partial charge in [-0.05, 0) is 23.8 Å². The van der Waals surface area contributed by atoms with Crippen LogP contribution in [-0.4, -0.2) is 33.3 Å². The molecule has 2 N–H and O–H groups in total. The highest BCUT2D eigenvalue weighted by atomic mass is 16.5. The van der Waals surface area contributed by atoms with Gasteiger partial charge in [-0.3, -0.25) is 0 Å². The Hall–Kier alpha value is -2.82. The molecule has 1 aliphatic heterocycles. The van der Waals surface area contributed by atoms with E-state index in [1.54, 1.807) is 16.9 Å². The van der Waals surface area contributed by atoms with Crippen LogP contribution in [0.1, 0.15) is 29.5 Å². The van der Waals surface area contributed by atoms with Crippen molar-refractivity contribution >= 4 is 0 Å². The molecule has 0 bridgehead atoms. The minimum absolute atomic E-state index is 0.551. The first kappa shape index (κ1) is 22.4. The molecule has 1 saturated heterocycles. The van der Waals surface area contributed by atoms with Crippen LogP contribution >= 0.6 is 0 Å². The fourth-order valence-electron chi connectivity index (χ4n) is 4.73. The Morgan fingerprint density at radius 3 is 2.12 bits per heavy atom. The normalized spacial score (nSPS) is 19.3. The molecular weight excluding hydrogens is 396 g/mol. The van der Waals surface area contributed by atoms with Gasteiger partial charge in [0.25, 0.3) is 0 Å². The van der Waals surface area contributed by atoms with Crippen LogP contribution in [0.3, 0.4) is 0 Å². The molecule has 0 amide bonds.